The van der Waals surface area contributed by atoms with Gasteiger partial charge in [-0.25, -0.2) is 0 Å². The Kier molecular flexibility index (Phi) is 8.11. The average Bonchev–Trinajstić information content (AvgIpc) is 2.73. The normalized spacial score (nSPS) is 12.0. The highest BCUT2D eigenvalue weighted by atomic mass is 16.5. The van der Waals surface area contributed by atoms with Crippen LogP contribution in [0.5, 0.6) is 5.75 Å². The largest absolute Gasteiger partial charge is 0.493 e. The second-order valence-corrected chi connectivity index (χ2v) is 9.51. The number of aryl methyl sites for hydroxylation is 1. The summed E-state index contributed by atoms with van der Waals surface area (Å²) in [5.41, 5.74) is 4.63. The van der Waals surface area contributed by atoms with E-state index in [2.05, 4.69) is 65.1 Å². The number of hydrogen-bond acceptors (Lipinski definition) is 2. The van der Waals surface area contributed by atoms with Gasteiger partial charge in [-0.3, -0.25) is 4.79 Å². The Morgan fingerprint density at radius 3 is 2.30 bits per heavy atom. The zero-order chi connectivity index (χ0) is 22.4. The fourth-order valence-corrected chi connectivity index (χ4v) is 3.34. The molecule has 3 nitrogen and oxygen atoms in total. The molecule has 2 rings (SSSR count). The summed E-state index contributed by atoms with van der Waals surface area (Å²) in [7, 11) is 0. The predicted molar refractivity (Wildman–Crippen MR) is 127 cm³/mol. The molecule has 0 bridgehead atoms. The van der Waals surface area contributed by atoms with Gasteiger partial charge < -0.3 is 10.1 Å². The molecule has 1 N–H and O–H groups in total. The standard InChI is InChI=1S/C27H39NO2/c1-8-26(4,5)22-14-15-24(23(19-22)27(6,7)9-2)30-17-11-16-28-25(29)21-13-10-12-20(3)18-21/h10,12-15,18-19H,8-9,11,16-17H2,1-7H3,(H,28,29). The highest BCUT2D eigenvalue weighted by Gasteiger charge is 2.26. The Bertz CT molecular complexity index is 852. The maximum Gasteiger partial charge on any atom is 0.251 e. The Balaban J connectivity index is 1.99. The van der Waals surface area contributed by atoms with Crippen molar-refractivity contribution in [3.63, 3.8) is 0 Å². The molecular weight excluding hydrogens is 370 g/mol. The van der Waals surface area contributed by atoms with Gasteiger partial charge in [-0.1, -0.05) is 71.4 Å². The molecule has 2 aromatic rings. The van der Waals surface area contributed by atoms with Gasteiger partial charge in [0.2, 0.25) is 0 Å². The van der Waals surface area contributed by atoms with Crippen LogP contribution < -0.4 is 10.1 Å². The van der Waals surface area contributed by atoms with Crippen LogP contribution in [0.2, 0.25) is 0 Å². The van der Waals surface area contributed by atoms with Crippen molar-refractivity contribution in [1.82, 2.24) is 5.32 Å². The zero-order valence-corrected chi connectivity index (χ0v) is 19.9. The monoisotopic (exact) mass is 409 g/mol. The first-order chi connectivity index (χ1) is 14.1. The number of nitrogens with one attached hydrogen (secondary N) is 1. The summed E-state index contributed by atoms with van der Waals surface area (Å²) in [4.78, 5) is 12.3. The molecule has 1 amide bonds. The lowest BCUT2D eigenvalue weighted by atomic mass is 9.76. The van der Waals surface area contributed by atoms with Crippen LogP contribution in [0, 0.1) is 6.92 Å². The quantitative estimate of drug-likeness (QED) is 0.451. The van der Waals surface area contributed by atoms with E-state index in [0.717, 1.165) is 30.6 Å². The number of carbonyl (C=O) groups is 1. The van der Waals surface area contributed by atoms with E-state index in [1.807, 2.05) is 31.2 Å². The maximum absolute atomic E-state index is 12.3. The maximum atomic E-state index is 12.3. The van der Waals surface area contributed by atoms with Crippen molar-refractivity contribution in [1.29, 1.82) is 0 Å². The van der Waals surface area contributed by atoms with Crippen LogP contribution in [0.3, 0.4) is 0 Å². The summed E-state index contributed by atoms with van der Waals surface area (Å²) < 4.78 is 6.18. The van der Waals surface area contributed by atoms with E-state index >= 15 is 0 Å². The van der Waals surface area contributed by atoms with Crippen molar-refractivity contribution in [2.45, 2.75) is 78.6 Å². The van der Waals surface area contributed by atoms with Crippen molar-refractivity contribution >= 4 is 5.91 Å². The molecule has 0 aliphatic carbocycles. The molecule has 0 aliphatic rings. The van der Waals surface area contributed by atoms with Crippen LogP contribution in [-0.4, -0.2) is 19.1 Å². The second-order valence-electron chi connectivity index (χ2n) is 9.51. The van der Waals surface area contributed by atoms with E-state index in [-0.39, 0.29) is 16.7 Å². The van der Waals surface area contributed by atoms with Crippen LogP contribution in [0.4, 0.5) is 0 Å². The number of hydrogen-bond donors (Lipinski definition) is 1. The molecular formula is C27H39NO2. The fourth-order valence-electron chi connectivity index (χ4n) is 3.34. The third-order valence-electron chi connectivity index (χ3n) is 6.40. The molecule has 0 radical (unpaired) electrons. The minimum absolute atomic E-state index is 0.0299. The molecule has 3 heteroatoms. The molecule has 0 aliphatic heterocycles. The van der Waals surface area contributed by atoms with E-state index in [1.165, 1.54) is 11.1 Å². The summed E-state index contributed by atoms with van der Waals surface area (Å²) in [5, 5.41) is 2.99. The van der Waals surface area contributed by atoms with E-state index in [0.29, 0.717) is 18.7 Å². The molecule has 0 spiro atoms. The molecule has 2 aromatic carbocycles. The first-order valence-electron chi connectivity index (χ1n) is 11.2. The van der Waals surface area contributed by atoms with Gasteiger partial charge in [0, 0.05) is 17.7 Å². The molecule has 30 heavy (non-hydrogen) atoms. The zero-order valence-electron chi connectivity index (χ0n) is 19.9. The van der Waals surface area contributed by atoms with E-state index < -0.39 is 0 Å². The van der Waals surface area contributed by atoms with Gasteiger partial charge in [-0.2, -0.15) is 0 Å². The van der Waals surface area contributed by atoms with E-state index in [9.17, 15) is 4.79 Å². The second kappa shape index (κ2) is 10.1. The lowest BCUT2D eigenvalue weighted by Gasteiger charge is -2.30. The minimum Gasteiger partial charge on any atom is -0.493 e. The van der Waals surface area contributed by atoms with Crippen molar-refractivity contribution in [3.8, 4) is 5.75 Å². The number of ether oxygens (including phenoxy) is 1. The summed E-state index contributed by atoms with van der Waals surface area (Å²) in [6, 6.07) is 14.3. The SMILES string of the molecule is CCC(C)(C)c1ccc(OCCCNC(=O)c2cccc(C)c2)c(C(C)(C)CC)c1. The smallest absolute Gasteiger partial charge is 0.251 e. The van der Waals surface area contributed by atoms with Crippen molar-refractivity contribution in [2.75, 3.05) is 13.2 Å². The summed E-state index contributed by atoms with van der Waals surface area (Å²) >= 11 is 0. The van der Waals surface area contributed by atoms with Crippen LogP contribution >= 0.6 is 0 Å². The van der Waals surface area contributed by atoms with Gasteiger partial charge in [0.15, 0.2) is 0 Å². The number of carbonyl (C=O) groups excluding carboxylic acids is 1. The first-order valence-corrected chi connectivity index (χ1v) is 11.2. The van der Waals surface area contributed by atoms with Crippen LogP contribution in [0.1, 0.15) is 87.9 Å². The molecule has 0 fully saturated rings. The van der Waals surface area contributed by atoms with Gasteiger partial charge in [-0.05, 0) is 60.8 Å². The minimum atomic E-state index is -0.0299. The Morgan fingerprint density at radius 2 is 1.67 bits per heavy atom. The van der Waals surface area contributed by atoms with Crippen LogP contribution in [0.15, 0.2) is 42.5 Å². The van der Waals surface area contributed by atoms with E-state index in [4.69, 9.17) is 4.74 Å². The Hall–Kier alpha value is -2.29. The highest BCUT2D eigenvalue weighted by molar-refractivity contribution is 5.94. The summed E-state index contributed by atoms with van der Waals surface area (Å²) in [6.45, 7) is 16.8. The van der Waals surface area contributed by atoms with Crippen LogP contribution in [0.25, 0.3) is 0 Å². The van der Waals surface area contributed by atoms with Gasteiger partial charge in [0.05, 0.1) is 6.61 Å². The van der Waals surface area contributed by atoms with Gasteiger partial charge >= 0.3 is 0 Å². The first kappa shape index (κ1) is 24.0. The molecule has 0 saturated carbocycles. The third kappa shape index (κ3) is 6.10. The van der Waals surface area contributed by atoms with Crippen molar-refractivity contribution < 1.29 is 9.53 Å². The fraction of sp³-hybridized carbons (Fsp3) is 0.519. The van der Waals surface area contributed by atoms with Crippen LogP contribution in [-0.2, 0) is 10.8 Å². The Labute approximate surface area is 183 Å². The van der Waals surface area contributed by atoms with Crippen molar-refractivity contribution in [2.24, 2.45) is 0 Å². The lowest BCUT2D eigenvalue weighted by Crippen LogP contribution is -2.26. The molecule has 0 aromatic heterocycles. The third-order valence-corrected chi connectivity index (χ3v) is 6.40. The Morgan fingerprint density at radius 1 is 0.967 bits per heavy atom. The average molecular weight is 410 g/mol. The van der Waals surface area contributed by atoms with Gasteiger partial charge in [-0.15, -0.1) is 0 Å². The molecule has 0 atom stereocenters. The summed E-state index contributed by atoms with van der Waals surface area (Å²) in [6.07, 6.45) is 2.91. The molecule has 0 unspecified atom stereocenters. The highest BCUT2D eigenvalue weighted by Crippen LogP contribution is 2.38. The predicted octanol–water partition coefficient (Wildman–Crippen LogP) is 6.57. The van der Waals surface area contributed by atoms with Gasteiger partial charge in [0.1, 0.15) is 5.75 Å². The number of benzene rings is 2. The topological polar surface area (TPSA) is 38.3 Å². The number of rotatable bonds is 10. The molecule has 0 heterocycles. The summed E-state index contributed by atoms with van der Waals surface area (Å²) in [5.74, 6) is 0.931. The molecule has 164 valence electrons. The van der Waals surface area contributed by atoms with Crippen molar-refractivity contribution in [3.05, 3.63) is 64.7 Å². The lowest BCUT2D eigenvalue weighted by molar-refractivity contribution is 0.0951. The van der Waals surface area contributed by atoms with E-state index in [1.54, 1.807) is 0 Å². The van der Waals surface area contributed by atoms with Gasteiger partial charge in [0.25, 0.3) is 5.91 Å². The molecule has 0 saturated heterocycles. The number of amides is 1.